The third-order valence-corrected chi connectivity index (χ3v) is 4.58. The van der Waals surface area contributed by atoms with E-state index >= 15 is 0 Å². The van der Waals surface area contributed by atoms with Gasteiger partial charge < -0.3 is 40.1 Å². The smallest absolute Gasteiger partial charge is 0.336 e. The van der Waals surface area contributed by atoms with E-state index in [1.54, 1.807) is 0 Å². The first-order valence-corrected chi connectivity index (χ1v) is 11.2. The Morgan fingerprint density at radius 1 is 0.622 bits per heavy atom. The maximum Gasteiger partial charge on any atom is 0.336 e. The van der Waals surface area contributed by atoms with Gasteiger partial charge in [-0.15, -0.1) is 0 Å². The number of carbonyl (C=O) groups excluding carboxylic acids is 3. The van der Waals surface area contributed by atoms with Crippen molar-refractivity contribution in [1.82, 2.24) is 0 Å². The number of hydrogen-bond acceptors (Lipinski definition) is 11. The maximum atomic E-state index is 11.6. The zero-order chi connectivity index (χ0) is 29.2. The lowest BCUT2D eigenvalue weighted by Gasteiger charge is -2.21. The first kappa shape index (κ1) is 35.6. The van der Waals surface area contributed by atoms with Crippen molar-refractivity contribution in [3.63, 3.8) is 0 Å². The number of esters is 3. The molecule has 0 saturated heterocycles. The fraction of sp³-hybridized carbons (Fsp3) is 0.682. The van der Waals surface area contributed by atoms with Crippen molar-refractivity contribution in [1.29, 1.82) is 0 Å². The molecule has 15 heteroatoms. The second-order valence-electron chi connectivity index (χ2n) is 8.12. The van der Waals surface area contributed by atoms with Gasteiger partial charge in [-0.3, -0.25) is 24.0 Å². The lowest BCUT2D eigenvalue weighted by molar-refractivity contribution is -0.175. The largest absolute Gasteiger partial charge is 0.481 e. The highest BCUT2D eigenvalue weighted by atomic mass is 16.6. The van der Waals surface area contributed by atoms with Crippen LogP contribution >= 0.6 is 0 Å². The van der Waals surface area contributed by atoms with Gasteiger partial charge in [-0.1, -0.05) is 39.0 Å². The van der Waals surface area contributed by atoms with Crippen molar-refractivity contribution < 1.29 is 73.7 Å². The molecule has 0 aromatic rings. The molecule has 0 aromatic heterocycles. The fourth-order valence-corrected chi connectivity index (χ4v) is 2.72. The number of aliphatic carboxylic acids is 4. The molecule has 0 saturated carbocycles. The Morgan fingerprint density at radius 3 is 1.43 bits per heavy atom. The van der Waals surface area contributed by atoms with Gasteiger partial charge in [0.15, 0.2) is 11.2 Å². The van der Waals surface area contributed by atoms with E-state index in [1.165, 1.54) is 0 Å². The molecule has 6 N–H and O–H groups in total. The molecule has 0 heterocycles. The van der Waals surface area contributed by atoms with Crippen LogP contribution in [0.3, 0.4) is 0 Å². The minimum absolute atomic E-state index is 0.124. The second kappa shape index (κ2) is 17.8. The van der Waals surface area contributed by atoms with Crippen LogP contribution in [0.2, 0.25) is 0 Å². The predicted octanol–water partition coefficient (Wildman–Crippen LogP) is 0.327. The average Bonchev–Trinajstić information content (AvgIpc) is 2.71. The molecule has 0 bridgehead atoms. The van der Waals surface area contributed by atoms with Gasteiger partial charge in [0.2, 0.25) is 0 Å². The monoisotopic (exact) mass is 538 g/mol. The van der Waals surface area contributed by atoms with Gasteiger partial charge in [0, 0.05) is 6.92 Å². The van der Waals surface area contributed by atoms with Crippen LogP contribution in [0.15, 0.2) is 0 Å². The second-order valence-corrected chi connectivity index (χ2v) is 8.12. The van der Waals surface area contributed by atoms with E-state index < -0.39 is 78.7 Å². The zero-order valence-corrected chi connectivity index (χ0v) is 20.6. The van der Waals surface area contributed by atoms with Crippen molar-refractivity contribution in [2.24, 2.45) is 0 Å². The number of ether oxygens (including phenoxy) is 2. The van der Waals surface area contributed by atoms with Gasteiger partial charge >= 0.3 is 41.8 Å². The van der Waals surface area contributed by atoms with E-state index in [4.69, 9.17) is 30.3 Å². The number of aliphatic hydroxyl groups is 2. The molecule has 0 radical (unpaired) electrons. The standard InChI is InChI=1S/C16H26O8.C6H8O7/c1-3-4-5-6-7-8-9-23-13(18)10-16(22,15(20)21)11-14(19)24-12(2)17;7-3(8)1-6(13,5(11)12)2-4(9)10/h22H,3-11H2,1-2H3,(H,20,21);13H,1-2H2,(H,7,8)(H,9,10)(H,11,12). The number of carbonyl (C=O) groups is 7. The van der Waals surface area contributed by atoms with Gasteiger partial charge in [-0.05, 0) is 6.42 Å². The number of hydrogen-bond donors (Lipinski definition) is 6. The Balaban J connectivity index is 0. The SMILES string of the molecule is CCCCCCCCOC(=O)CC(O)(CC(=O)OC(C)=O)C(=O)O.O=C(O)CC(O)(CC(=O)O)C(=O)O. The minimum atomic E-state index is -2.74. The quantitative estimate of drug-likeness (QED) is 0.0827. The van der Waals surface area contributed by atoms with Crippen LogP contribution < -0.4 is 0 Å². The van der Waals surface area contributed by atoms with Crippen LogP contribution in [0.1, 0.15) is 78.1 Å². The lowest BCUT2D eigenvalue weighted by Crippen LogP contribution is -2.43. The predicted molar refractivity (Wildman–Crippen MR) is 120 cm³/mol. The number of unbranched alkanes of at least 4 members (excludes halogenated alkanes) is 5. The normalized spacial score (nSPS) is 12.2. The van der Waals surface area contributed by atoms with E-state index in [2.05, 4.69) is 11.7 Å². The lowest BCUT2D eigenvalue weighted by atomic mass is 9.96. The van der Waals surface area contributed by atoms with E-state index in [-0.39, 0.29) is 6.61 Å². The Hall–Kier alpha value is -3.59. The zero-order valence-electron chi connectivity index (χ0n) is 20.6. The van der Waals surface area contributed by atoms with Gasteiger partial charge in [0.25, 0.3) is 0 Å². The van der Waals surface area contributed by atoms with Crippen LogP contribution in [0.4, 0.5) is 0 Å². The fourth-order valence-electron chi connectivity index (χ4n) is 2.72. The van der Waals surface area contributed by atoms with Crippen molar-refractivity contribution in [2.75, 3.05) is 6.61 Å². The van der Waals surface area contributed by atoms with Crippen LogP contribution in [-0.2, 0) is 43.0 Å². The molecule has 0 amide bonds. The Kier molecular flexibility index (Phi) is 17.1. The van der Waals surface area contributed by atoms with Crippen LogP contribution in [0.5, 0.6) is 0 Å². The van der Waals surface area contributed by atoms with Gasteiger partial charge in [-0.25, -0.2) is 9.59 Å². The van der Waals surface area contributed by atoms with Crippen molar-refractivity contribution in [3.8, 4) is 0 Å². The summed E-state index contributed by atoms with van der Waals surface area (Å²) in [6.45, 7) is 3.20. The molecule has 15 nitrogen and oxygen atoms in total. The van der Waals surface area contributed by atoms with Gasteiger partial charge in [0.05, 0.1) is 32.3 Å². The number of rotatable bonds is 17. The highest BCUT2D eigenvalue weighted by molar-refractivity contribution is 5.92. The summed E-state index contributed by atoms with van der Waals surface area (Å²) in [5.74, 6) is -9.87. The summed E-state index contributed by atoms with van der Waals surface area (Å²) < 4.78 is 9.05. The maximum absolute atomic E-state index is 11.6. The first-order chi connectivity index (χ1) is 17.0. The molecule has 212 valence electrons. The summed E-state index contributed by atoms with van der Waals surface area (Å²) in [5.41, 5.74) is -5.40. The minimum Gasteiger partial charge on any atom is -0.481 e. The first-order valence-electron chi connectivity index (χ1n) is 11.2. The molecule has 0 aliphatic carbocycles. The molecule has 0 rings (SSSR count). The molecule has 1 unspecified atom stereocenters. The van der Waals surface area contributed by atoms with Gasteiger partial charge in [0.1, 0.15) is 0 Å². The highest BCUT2D eigenvalue weighted by Gasteiger charge is 2.42. The van der Waals surface area contributed by atoms with E-state index in [9.17, 15) is 38.7 Å². The van der Waals surface area contributed by atoms with Crippen LogP contribution in [-0.4, -0.2) is 90.2 Å². The third-order valence-electron chi connectivity index (χ3n) is 4.58. The molecule has 0 aliphatic rings. The summed E-state index contributed by atoms with van der Waals surface area (Å²) in [5, 5.41) is 52.7. The van der Waals surface area contributed by atoms with Crippen LogP contribution in [0.25, 0.3) is 0 Å². The third kappa shape index (κ3) is 17.5. The molecule has 1 atom stereocenters. The number of carboxylic acids is 4. The molecule has 0 fully saturated rings. The van der Waals surface area contributed by atoms with Crippen molar-refractivity contribution in [2.45, 2.75) is 89.3 Å². The summed E-state index contributed by atoms with van der Waals surface area (Å²) in [6, 6.07) is 0. The summed E-state index contributed by atoms with van der Waals surface area (Å²) >= 11 is 0. The molecule has 0 spiro atoms. The molecule has 0 aliphatic heterocycles. The van der Waals surface area contributed by atoms with Gasteiger partial charge in [-0.2, -0.15) is 0 Å². The molecular formula is C22H34O15. The Labute approximate surface area is 212 Å². The summed E-state index contributed by atoms with van der Waals surface area (Å²) in [6.07, 6.45) is 1.76. The molecule has 0 aromatic carbocycles. The molecular weight excluding hydrogens is 504 g/mol. The van der Waals surface area contributed by atoms with E-state index in [0.29, 0.717) is 6.42 Å². The summed E-state index contributed by atoms with van der Waals surface area (Å²) in [4.78, 5) is 75.2. The van der Waals surface area contributed by atoms with Crippen molar-refractivity contribution >= 4 is 41.8 Å². The van der Waals surface area contributed by atoms with E-state index in [1.807, 2.05) is 0 Å². The molecule has 37 heavy (non-hydrogen) atoms. The average molecular weight is 538 g/mol. The topological polar surface area (TPSA) is 259 Å². The van der Waals surface area contributed by atoms with Crippen LogP contribution in [0, 0.1) is 0 Å². The summed E-state index contributed by atoms with van der Waals surface area (Å²) in [7, 11) is 0. The van der Waals surface area contributed by atoms with E-state index in [0.717, 1.165) is 39.0 Å². The van der Waals surface area contributed by atoms with Crippen molar-refractivity contribution in [3.05, 3.63) is 0 Å². The Bertz CT molecular complexity index is 803. The highest BCUT2D eigenvalue weighted by Crippen LogP contribution is 2.18. The Morgan fingerprint density at radius 2 is 1.03 bits per heavy atom. The number of carboxylic acid groups (broad SMARTS) is 4.